The number of hydrogen-bond donors (Lipinski definition) is 2. The Kier molecular flexibility index (Phi) is 7.72. The Hall–Kier alpha value is -4.20. The molecule has 4 rings (SSSR count). The van der Waals surface area contributed by atoms with Crippen LogP contribution in [0.2, 0.25) is 0 Å². The van der Waals surface area contributed by atoms with Gasteiger partial charge in [0, 0.05) is 10.8 Å². The van der Waals surface area contributed by atoms with Crippen LogP contribution in [0.4, 0.5) is 5.82 Å². The van der Waals surface area contributed by atoms with E-state index in [0.29, 0.717) is 17.0 Å². The maximum atomic E-state index is 13.1. The molecular weight excluding hydrogens is 444 g/mol. The normalized spacial score (nSPS) is 13.5. The van der Waals surface area contributed by atoms with Gasteiger partial charge in [0.2, 0.25) is 0 Å². The van der Waals surface area contributed by atoms with E-state index in [-0.39, 0.29) is 18.8 Å². The molecule has 0 aliphatic heterocycles. The average molecular weight is 473 g/mol. The Morgan fingerprint density at radius 1 is 1.14 bits per heavy atom. The Morgan fingerprint density at radius 2 is 1.97 bits per heavy atom. The third-order valence-corrected chi connectivity index (χ3v) is 5.86. The zero-order chi connectivity index (χ0) is 24.6. The molecule has 180 valence electrons. The van der Waals surface area contributed by atoms with Crippen molar-refractivity contribution >= 4 is 40.4 Å². The van der Waals surface area contributed by atoms with E-state index >= 15 is 0 Å². The van der Waals surface area contributed by atoms with Crippen molar-refractivity contribution in [2.24, 2.45) is 10.7 Å². The molecule has 8 nitrogen and oxygen atoms in total. The summed E-state index contributed by atoms with van der Waals surface area (Å²) in [5.74, 6) is -0.506. The number of aromatic nitrogens is 1. The van der Waals surface area contributed by atoms with E-state index in [1.54, 1.807) is 0 Å². The van der Waals surface area contributed by atoms with Crippen molar-refractivity contribution < 1.29 is 19.1 Å². The highest BCUT2D eigenvalue weighted by molar-refractivity contribution is 6.09. The van der Waals surface area contributed by atoms with Crippen molar-refractivity contribution in [3.63, 3.8) is 0 Å². The number of aliphatic imine (C=N–C) groups is 1. The van der Waals surface area contributed by atoms with Crippen LogP contribution in [0.1, 0.15) is 47.3 Å². The summed E-state index contributed by atoms with van der Waals surface area (Å²) in [5.41, 5.74) is 8.84. The second-order valence-electron chi connectivity index (χ2n) is 8.13. The van der Waals surface area contributed by atoms with Crippen molar-refractivity contribution in [3.8, 4) is 5.75 Å². The van der Waals surface area contributed by atoms with Gasteiger partial charge in [-0.25, -0.2) is 9.98 Å². The second kappa shape index (κ2) is 11.3. The van der Waals surface area contributed by atoms with E-state index in [1.165, 1.54) is 12.7 Å². The van der Waals surface area contributed by atoms with Crippen molar-refractivity contribution in [1.29, 1.82) is 0 Å². The highest BCUT2D eigenvalue weighted by Crippen LogP contribution is 2.41. The summed E-state index contributed by atoms with van der Waals surface area (Å²) >= 11 is 0. The summed E-state index contributed by atoms with van der Waals surface area (Å²) in [7, 11) is 1.26. The first kappa shape index (κ1) is 23.9. The number of allylic oxidation sites excluding steroid dienone is 2. The average Bonchev–Trinajstić information content (AvgIpc) is 2.91. The van der Waals surface area contributed by atoms with Crippen molar-refractivity contribution in [3.05, 3.63) is 71.4 Å². The molecule has 0 saturated carbocycles. The topological polar surface area (TPSA) is 116 Å². The van der Waals surface area contributed by atoms with Gasteiger partial charge in [-0.3, -0.25) is 9.59 Å². The molecule has 1 heterocycles. The van der Waals surface area contributed by atoms with Crippen LogP contribution in [0.25, 0.3) is 16.3 Å². The van der Waals surface area contributed by atoms with Gasteiger partial charge in [0.25, 0.3) is 5.91 Å². The number of amides is 1. The molecule has 2 aromatic carbocycles. The minimum atomic E-state index is -0.573. The number of benzene rings is 2. The fourth-order valence-electron chi connectivity index (χ4n) is 4.18. The zero-order valence-electron chi connectivity index (χ0n) is 19.6. The van der Waals surface area contributed by atoms with Crippen LogP contribution < -0.4 is 15.8 Å². The van der Waals surface area contributed by atoms with Crippen LogP contribution in [-0.2, 0) is 16.1 Å². The molecule has 0 atom stereocenters. The van der Waals surface area contributed by atoms with E-state index in [4.69, 9.17) is 10.5 Å². The summed E-state index contributed by atoms with van der Waals surface area (Å²) in [6.45, 7) is -0.0586. The van der Waals surface area contributed by atoms with Crippen molar-refractivity contribution in [1.82, 2.24) is 10.3 Å². The number of rotatable bonds is 8. The molecule has 1 aliphatic rings. The van der Waals surface area contributed by atoms with Crippen molar-refractivity contribution in [2.75, 3.05) is 13.7 Å². The summed E-state index contributed by atoms with van der Waals surface area (Å²) in [5, 5.41) is 4.02. The fraction of sp³-hybridized carbons (Fsp3) is 0.259. The van der Waals surface area contributed by atoms with Gasteiger partial charge in [0.1, 0.15) is 13.2 Å². The van der Waals surface area contributed by atoms with Gasteiger partial charge in [0.05, 0.1) is 13.4 Å². The minimum Gasteiger partial charge on any atom is -0.486 e. The number of hydrogen-bond acceptors (Lipinski definition) is 6. The molecule has 8 heteroatoms. The maximum absolute atomic E-state index is 13.1. The third-order valence-electron chi connectivity index (χ3n) is 5.86. The molecule has 1 aromatic heterocycles. The zero-order valence-corrected chi connectivity index (χ0v) is 19.6. The van der Waals surface area contributed by atoms with Gasteiger partial charge in [-0.2, -0.15) is 0 Å². The van der Waals surface area contributed by atoms with Gasteiger partial charge >= 0.3 is 5.97 Å². The number of nitrogens with zero attached hydrogens (tertiary/aromatic N) is 2. The summed E-state index contributed by atoms with van der Waals surface area (Å²) in [4.78, 5) is 33.6. The van der Waals surface area contributed by atoms with E-state index < -0.39 is 11.9 Å². The number of pyridine rings is 1. The summed E-state index contributed by atoms with van der Waals surface area (Å²) in [6.07, 6.45) is 7.64. The minimum absolute atomic E-state index is 0.0210. The van der Waals surface area contributed by atoms with Gasteiger partial charge < -0.3 is 20.5 Å². The number of ether oxygens (including phenoxy) is 2. The Bertz CT molecular complexity index is 1290. The molecule has 0 saturated heterocycles. The molecule has 0 spiro atoms. The van der Waals surface area contributed by atoms with Crippen LogP contribution >= 0.6 is 0 Å². The molecule has 3 N–H and O–H groups in total. The highest BCUT2D eigenvalue weighted by Gasteiger charge is 2.24. The van der Waals surface area contributed by atoms with E-state index in [1.807, 2.05) is 48.5 Å². The number of nitrogens with two attached hydrogens (primary N) is 1. The Labute approximate surface area is 203 Å². The summed E-state index contributed by atoms with van der Waals surface area (Å²) < 4.78 is 10.9. The number of carbonyl (C=O) groups is 2. The Balaban J connectivity index is 1.88. The SMILES string of the molecule is COC(=O)CNC(=O)c1nc(N=CN)c2c(C3=CCCCC3)cccc2c1OCc1ccccc1. The number of methoxy groups -OCH3 is 1. The molecule has 0 radical (unpaired) electrons. The second-order valence-corrected chi connectivity index (χ2v) is 8.13. The highest BCUT2D eigenvalue weighted by atomic mass is 16.5. The van der Waals surface area contributed by atoms with Gasteiger partial charge in [-0.05, 0) is 42.4 Å². The number of esters is 1. The number of fused-ring (bicyclic) bond motifs is 1. The van der Waals surface area contributed by atoms with Gasteiger partial charge in [0.15, 0.2) is 17.3 Å². The Morgan fingerprint density at radius 3 is 2.69 bits per heavy atom. The van der Waals surface area contributed by atoms with Crippen LogP contribution in [0.3, 0.4) is 0 Å². The predicted octanol–water partition coefficient (Wildman–Crippen LogP) is 4.29. The molecule has 35 heavy (non-hydrogen) atoms. The monoisotopic (exact) mass is 472 g/mol. The number of nitrogens with one attached hydrogen (secondary N) is 1. The molecular formula is C27H28N4O4. The molecule has 3 aromatic rings. The van der Waals surface area contributed by atoms with Gasteiger partial charge in [-0.1, -0.05) is 54.6 Å². The van der Waals surface area contributed by atoms with E-state index in [0.717, 1.165) is 48.5 Å². The van der Waals surface area contributed by atoms with Crippen molar-refractivity contribution in [2.45, 2.75) is 32.3 Å². The first-order chi connectivity index (χ1) is 17.1. The fourth-order valence-corrected chi connectivity index (χ4v) is 4.18. The molecule has 1 aliphatic carbocycles. The first-order valence-electron chi connectivity index (χ1n) is 11.5. The van der Waals surface area contributed by atoms with Gasteiger partial charge in [-0.15, -0.1) is 0 Å². The largest absolute Gasteiger partial charge is 0.486 e. The lowest BCUT2D eigenvalue weighted by atomic mass is 9.90. The first-order valence-corrected chi connectivity index (χ1v) is 11.5. The van der Waals surface area contributed by atoms with Crippen LogP contribution in [0, 0.1) is 0 Å². The summed E-state index contributed by atoms with van der Waals surface area (Å²) in [6, 6.07) is 15.5. The standard InChI is InChI=1S/C27H28N4O4/c1-34-22(32)15-29-27(33)24-25(35-16-18-9-4-2-5-10-18)21-14-8-13-20(19-11-6-3-7-12-19)23(21)26(31-24)30-17-28/h2,4-5,8-11,13-14,17H,3,6-7,12,15-16H2,1H3,(H,29,33)(H2,28,30,31). The molecule has 0 fully saturated rings. The molecule has 0 bridgehead atoms. The van der Waals surface area contributed by atoms with E-state index in [2.05, 4.69) is 26.1 Å². The predicted molar refractivity (Wildman–Crippen MR) is 136 cm³/mol. The van der Waals surface area contributed by atoms with Crippen LogP contribution in [0.15, 0.2) is 59.6 Å². The van der Waals surface area contributed by atoms with E-state index in [9.17, 15) is 9.59 Å². The maximum Gasteiger partial charge on any atom is 0.325 e. The molecule has 0 unspecified atom stereocenters. The third kappa shape index (κ3) is 5.48. The lowest BCUT2D eigenvalue weighted by molar-refractivity contribution is -0.139. The van der Waals surface area contributed by atoms with Crippen LogP contribution in [0.5, 0.6) is 5.75 Å². The number of carbonyl (C=O) groups excluding carboxylic acids is 2. The smallest absolute Gasteiger partial charge is 0.325 e. The quantitative estimate of drug-likeness (QED) is 0.287. The van der Waals surface area contributed by atoms with Crippen LogP contribution in [-0.4, -0.2) is 36.9 Å². The lowest BCUT2D eigenvalue weighted by Crippen LogP contribution is -2.31. The molecule has 1 amide bonds. The lowest BCUT2D eigenvalue weighted by Gasteiger charge is -2.19.